The van der Waals surface area contributed by atoms with Crippen LogP contribution in [-0.2, 0) is 11.3 Å². The van der Waals surface area contributed by atoms with Gasteiger partial charge in [0.2, 0.25) is 5.91 Å². The van der Waals surface area contributed by atoms with Gasteiger partial charge in [0, 0.05) is 37.0 Å². The molecule has 0 aliphatic rings. The van der Waals surface area contributed by atoms with E-state index in [1.165, 1.54) is 20.3 Å². The molecule has 1 N–H and O–H groups in total. The first-order valence-electron chi connectivity index (χ1n) is 7.71. The van der Waals surface area contributed by atoms with Crippen LogP contribution in [0, 0.1) is 5.82 Å². The van der Waals surface area contributed by atoms with Crippen molar-refractivity contribution in [2.45, 2.75) is 32.4 Å². The summed E-state index contributed by atoms with van der Waals surface area (Å²) < 4.78 is 26.3. The molecule has 0 saturated heterocycles. The van der Waals surface area contributed by atoms with Gasteiger partial charge < -0.3 is 19.4 Å². The number of rotatable bonds is 8. The van der Waals surface area contributed by atoms with Gasteiger partial charge in [-0.1, -0.05) is 0 Å². The predicted octanol–water partition coefficient (Wildman–Crippen LogP) is 2.70. The SMILES string of the molecule is COc1cc(F)c([C@H](C)NC(=O)CCCn2ccnc2)cc1OC. The highest BCUT2D eigenvalue weighted by Gasteiger charge is 2.17. The van der Waals surface area contributed by atoms with Crippen LogP contribution in [0.15, 0.2) is 30.9 Å². The first-order chi connectivity index (χ1) is 11.5. The fourth-order valence-corrected chi connectivity index (χ4v) is 2.43. The van der Waals surface area contributed by atoms with Crippen molar-refractivity contribution in [1.82, 2.24) is 14.9 Å². The van der Waals surface area contributed by atoms with E-state index in [-0.39, 0.29) is 5.91 Å². The number of ether oxygens (including phenoxy) is 2. The summed E-state index contributed by atoms with van der Waals surface area (Å²) in [5.41, 5.74) is 0.357. The summed E-state index contributed by atoms with van der Waals surface area (Å²) >= 11 is 0. The molecule has 0 aliphatic carbocycles. The third-order valence-electron chi connectivity index (χ3n) is 3.73. The number of carbonyl (C=O) groups excluding carboxylic acids is 1. The Hall–Kier alpha value is -2.57. The van der Waals surface area contributed by atoms with Crippen molar-refractivity contribution in [2.75, 3.05) is 14.2 Å². The van der Waals surface area contributed by atoms with Gasteiger partial charge in [-0.3, -0.25) is 4.79 Å². The second kappa shape index (κ2) is 8.33. The van der Waals surface area contributed by atoms with Gasteiger partial charge in [0.15, 0.2) is 11.5 Å². The van der Waals surface area contributed by atoms with E-state index in [1.807, 2.05) is 10.8 Å². The van der Waals surface area contributed by atoms with Gasteiger partial charge >= 0.3 is 0 Å². The number of nitrogens with one attached hydrogen (secondary N) is 1. The van der Waals surface area contributed by atoms with Crippen molar-refractivity contribution in [1.29, 1.82) is 0 Å². The molecule has 2 aromatic rings. The number of nitrogens with zero attached hydrogens (tertiary/aromatic N) is 2. The van der Waals surface area contributed by atoms with Gasteiger partial charge in [-0.05, 0) is 19.4 Å². The third-order valence-corrected chi connectivity index (χ3v) is 3.73. The lowest BCUT2D eigenvalue weighted by Gasteiger charge is -2.17. The highest BCUT2D eigenvalue weighted by molar-refractivity contribution is 5.76. The van der Waals surface area contributed by atoms with Crippen LogP contribution in [0.25, 0.3) is 0 Å². The third kappa shape index (κ3) is 4.47. The quantitative estimate of drug-likeness (QED) is 0.805. The molecule has 0 bridgehead atoms. The van der Waals surface area contributed by atoms with Crippen molar-refractivity contribution in [3.05, 3.63) is 42.2 Å². The summed E-state index contributed by atoms with van der Waals surface area (Å²) in [5, 5.41) is 2.81. The molecule has 1 heterocycles. The summed E-state index contributed by atoms with van der Waals surface area (Å²) in [7, 11) is 2.93. The number of aryl methyl sites for hydroxylation is 1. The number of carbonyl (C=O) groups is 1. The van der Waals surface area contributed by atoms with E-state index in [1.54, 1.807) is 25.5 Å². The van der Waals surface area contributed by atoms with Crippen molar-refractivity contribution in [2.24, 2.45) is 0 Å². The molecule has 24 heavy (non-hydrogen) atoms. The molecule has 0 saturated carbocycles. The van der Waals surface area contributed by atoms with E-state index >= 15 is 0 Å². The van der Waals surface area contributed by atoms with Crippen molar-refractivity contribution in [3.63, 3.8) is 0 Å². The average Bonchev–Trinajstić information content (AvgIpc) is 3.07. The Labute approximate surface area is 140 Å². The van der Waals surface area contributed by atoms with Gasteiger partial charge in [0.1, 0.15) is 5.82 Å². The Morgan fingerprint density at radius 3 is 2.67 bits per heavy atom. The lowest BCUT2D eigenvalue weighted by atomic mass is 10.1. The molecule has 0 radical (unpaired) electrons. The lowest BCUT2D eigenvalue weighted by molar-refractivity contribution is -0.121. The summed E-state index contributed by atoms with van der Waals surface area (Å²) in [6.45, 7) is 2.45. The molecule has 1 atom stereocenters. The predicted molar refractivity (Wildman–Crippen MR) is 87.5 cm³/mol. The monoisotopic (exact) mass is 335 g/mol. The zero-order valence-corrected chi connectivity index (χ0v) is 14.1. The number of benzene rings is 1. The van der Waals surface area contributed by atoms with Crippen LogP contribution in [0.5, 0.6) is 11.5 Å². The minimum atomic E-state index is -0.467. The van der Waals surface area contributed by atoms with E-state index < -0.39 is 11.9 Å². The molecule has 1 aromatic carbocycles. The normalized spacial score (nSPS) is 11.8. The van der Waals surface area contributed by atoms with E-state index in [0.29, 0.717) is 36.4 Å². The van der Waals surface area contributed by atoms with E-state index in [9.17, 15) is 9.18 Å². The standard InChI is InChI=1S/C17H22FN3O3/c1-12(13-9-15(23-2)16(24-3)10-14(13)18)20-17(22)5-4-7-21-8-6-19-11-21/h6,8-12H,4-5,7H2,1-3H3,(H,20,22)/t12-/m0/s1. The molecular formula is C17H22FN3O3. The Balaban J connectivity index is 1.93. The highest BCUT2D eigenvalue weighted by Crippen LogP contribution is 2.32. The summed E-state index contributed by atoms with van der Waals surface area (Å²) in [6, 6.07) is 2.34. The van der Waals surface area contributed by atoms with E-state index in [2.05, 4.69) is 10.3 Å². The lowest BCUT2D eigenvalue weighted by Crippen LogP contribution is -2.27. The smallest absolute Gasteiger partial charge is 0.220 e. The number of hydrogen-bond acceptors (Lipinski definition) is 4. The molecule has 0 unspecified atom stereocenters. The molecule has 0 fully saturated rings. The summed E-state index contributed by atoms with van der Waals surface area (Å²) in [4.78, 5) is 16.0. The van der Waals surface area contributed by atoms with Gasteiger partial charge in [-0.2, -0.15) is 0 Å². The number of methoxy groups -OCH3 is 2. The maximum atomic E-state index is 14.2. The van der Waals surface area contributed by atoms with E-state index in [0.717, 1.165) is 0 Å². The van der Waals surface area contributed by atoms with E-state index in [4.69, 9.17) is 9.47 Å². The molecule has 1 amide bonds. The maximum Gasteiger partial charge on any atom is 0.220 e. The fourth-order valence-electron chi connectivity index (χ4n) is 2.43. The molecular weight excluding hydrogens is 313 g/mol. The average molecular weight is 335 g/mol. The molecule has 6 nitrogen and oxygen atoms in total. The van der Waals surface area contributed by atoms with Gasteiger partial charge in [-0.15, -0.1) is 0 Å². The molecule has 1 aromatic heterocycles. The van der Waals surface area contributed by atoms with Crippen LogP contribution < -0.4 is 14.8 Å². The fraction of sp³-hybridized carbons (Fsp3) is 0.412. The Morgan fingerprint density at radius 2 is 2.04 bits per heavy atom. The summed E-state index contributed by atoms with van der Waals surface area (Å²) in [6.07, 6.45) is 6.29. The molecule has 0 aliphatic heterocycles. The van der Waals surface area contributed by atoms with Crippen LogP contribution in [0.1, 0.15) is 31.4 Å². The topological polar surface area (TPSA) is 65.4 Å². The highest BCUT2D eigenvalue weighted by atomic mass is 19.1. The van der Waals surface area contributed by atoms with Crippen LogP contribution in [0.4, 0.5) is 4.39 Å². The van der Waals surface area contributed by atoms with Gasteiger partial charge in [0.25, 0.3) is 0 Å². The molecule has 7 heteroatoms. The number of imidazole rings is 1. The van der Waals surface area contributed by atoms with Crippen molar-refractivity contribution < 1.29 is 18.7 Å². The largest absolute Gasteiger partial charge is 0.493 e. The maximum absolute atomic E-state index is 14.2. The number of aromatic nitrogens is 2. The molecule has 0 spiro atoms. The van der Waals surface area contributed by atoms with Crippen LogP contribution in [0.2, 0.25) is 0 Å². The Morgan fingerprint density at radius 1 is 1.33 bits per heavy atom. The zero-order valence-electron chi connectivity index (χ0n) is 14.1. The van der Waals surface area contributed by atoms with Gasteiger partial charge in [0.05, 0.1) is 26.6 Å². The molecule has 130 valence electrons. The zero-order chi connectivity index (χ0) is 17.5. The van der Waals surface area contributed by atoms with Crippen molar-refractivity contribution >= 4 is 5.91 Å². The Kier molecular flexibility index (Phi) is 6.17. The molecule has 2 rings (SSSR count). The second-order valence-corrected chi connectivity index (χ2v) is 5.42. The summed E-state index contributed by atoms with van der Waals surface area (Å²) in [5.74, 6) is 0.170. The minimum absolute atomic E-state index is 0.128. The van der Waals surface area contributed by atoms with Crippen LogP contribution in [-0.4, -0.2) is 29.7 Å². The number of halogens is 1. The second-order valence-electron chi connectivity index (χ2n) is 5.42. The van der Waals surface area contributed by atoms with Crippen LogP contribution >= 0.6 is 0 Å². The van der Waals surface area contributed by atoms with Gasteiger partial charge in [-0.25, -0.2) is 9.37 Å². The van der Waals surface area contributed by atoms with Crippen LogP contribution in [0.3, 0.4) is 0 Å². The first-order valence-corrected chi connectivity index (χ1v) is 7.71. The first kappa shape index (κ1) is 17.8. The minimum Gasteiger partial charge on any atom is -0.493 e. The Bertz CT molecular complexity index is 674. The van der Waals surface area contributed by atoms with Crippen molar-refractivity contribution in [3.8, 4) is 11.5 Å². The number of hydrogen-bond donors (Lipinski definition) is 1. The number of amides is 1.